The zero-order chi connectivity index (χ0) is 13.8. The maximum Gasteiger partial charge on any atom is 0.312 e. The van der Waals surface area contributed by atoms with E-state index >= 15 is 0 Å². The molecule has 0 atom stereocenters. The molecule has 2 aromatic rings. The number of aromatic nitrogens is 1. The van der Waals surface area contributed by atoms with E-state index in [-0.39, 0.29) is 0 Å². The van der Waals surface area contributed by atoms with Crippen LogP contribution in [0, 0.1) is 6.92 Å². The summed E-state index contributed by atoms with van der Waals surface area (Å²) in [5.41, 5.74) is 2.30. The number of hydrogen-bond acceptors (Lipinski definition) is 4. The molecule has 0 bridgehead atoms. The number of carbonyl (C=O) groups is 2. The number of anilines is 1. The number of nitrogens with one attached hydrogen (secondary N) is 1. The summed E-state index contributed by atoms with van der Waals surface area (Å²) < 4.78 is 0. The predicted octanol–water partition coefficient (Wildman–Crippen LogP) is 2.53. The molecule has 0 radical (unpaired) electrons. The van der Waals surface area contributed by atoms with Crippen LogP contribution in [0.2, 0.25) is 0 Å². The summed E-state index contributed by atoms with van der Waals surface area (Å²) in [7, 11) is 0. The maximum atomic E-state index is 11.4. The fraction of sp³-hybridized carbons (Fsp3) is 0.154. The van der Waals surface area contributed by atoms with E-state index in [1.54, 1.807) is 29.5 Å². The van der Waals surface area contributed by atoms with Gasteiger partial charge in [0.15, 0.2) is 0 Å². The second kappa shape index (κ2) is 5.62. The highest BCUT2D eigenvalue weighted by Gasteiger charge is 2.09. The predicted molar refractivity (Wildman–Crippen MR) is 73.2 cm³/mol. The lowest BCUT2D eigenvalue weighted by atomic mass is 10.1. The van der Waals surface area contributed by atoms with Crippen molar-refractivity contribution in [1.29, 1.82) is 0 Å². The van der Waals surface area contributed by atoms with Crippen molar-refractivity contribution < 1.29 is 14.7 Å². The Labute approximate surface area is 113 Å². The second-order valence-electron chi connectivity index (χ2n) is 3.95. The number of aliphatic carboxylic acids is 1. The number of aryl methyl sites for hydroxylation is 1. The molecule has 1 aromatic carbocycles. The van der Waals surface area contributed by atoms with Crippen molar-refractivity contribution in [3.05, 3.63) is 34.7 Å². The first-order chi connectivity index (χ1) is 9.04. The molecule has 98 valence electrons. The summed E-state index contributed by atoms with van der Waals surface area (Å²) in [4.78, 5) is 26.2. The van der Waals surface area contributed by atoms with Crippen LogP contribution in [0.1, 0.15) is 11.4 Å². The van der Waals surface area contributed by atoms with Crippen molar-refractivity contribution in [3.8, 4) is 11.3 Å². The van der Waals surface area contributed by atoms with Gasteiger partial charge in [0.1, 0.15) is 6.42 Å². The van der Waals surface area contributed by atoms with Crippen molar-refractivity contribution in [3.63, 3.8) is 0 Å². The quantitative estimate of drug-likeness (QED) is 0.841. The van der Waals surface area contributed by atoms with Gasteiger partial charge in [-0.1, -0.05) is 12.1 Å². The SMILES string of the molecule is Cc1nc(-c2cccc(NC(=O)CC(=O)O)c2)cs1. The Morgan fingerprint density at radius 3 is 2.84 bits per heavy atom. The molecule has 0 saturated carbocycles. The molecule has 2 rings (SSSR count). The van der Waals surface area contributed by atoms with Crippen molar-refractivity contribution in [2.45, 2.75) is 13.3 Å². The zero-order valence-electron chi connectivity index (χ0n) is 10.2. The van der Waals surface area contributed by atoms with Crippen LogP contribution in [0.5, 0.6) is 0 Å². The van der Waals surface area contributed by atoms with E-state index < -0.39 is 18.3 Å². The van der Waals surface area contributed by atoms with Crippen molar-refractivity contribution >= 4 is 28.9 Å². The maximum absolute atomic E-state index is 11.4. The molecule has 0 spiro atoms. The van der Waals surface area contributed by atoms with E-state index in [0.29, 0.717) is 5.69 Å². The molecule has 0 fully saturated rings. The minimum Gasteiger partial charge on any atom is -0.481 e. The van der Waals surface area contributed by atoms with Crippen LogP contribution in [0.25, 0.3) is 11.3 Å². The summed E-state index contributed by atoms with van der Waals surface area (Å²) in [6.45, 7) is 1.92. The van der Waals surface area contributed by atoms with Crippen molar-refractivity contribution in [1.82, 2.24) is 4.98 Å². The van der Waals surface area contributed by atoms with Crippen LogP contribution in [-0.2, 0) is 9.59 Å². The molecule has 0 aliphatic heterocycles. The third-order valence-electron chi connectivity index (χ3n) is 2.37. The number of carbonyl (C=O) groups excluding carboxylic acids is 1. The van der Waals surface area contributed by atoms with E-state index in [1.165, 1.54) is 0 Å². The first-order valence-corrected chi connectivity index (χ1v) is 6.47. The molecule has 0 saturated heterocycles. The summed E-state index contributed by atoms with van der Waals surface area (Å²) in [5.74, 6) is -1.69. The molecule has 0 aliphatic rings. The number of carboxylic acids is 1. The first kappa shape index (κ1) is 13.2. The lowest BCUT2D eigenvalue weighted by Gasteiger charge is -2.05. The number of rotatable bonds is 4. The Balaban J connectivity index is 2.15. The van der Waals surface area contributed by atoms with E-state index in [2.05, 4.69) is 10.3 Å². The Morgan fingerprint density at radius 2 is 2.21 bits per heavy atom. The van der Waals surface area contributed by atoms with Crippen molar-refractivity contribution in [2.75, 3.05) is 5.32 Å². The Bertz CT molecular complexity index is 622. The third-order valence-corrected chi connectivity index (χ3v) is 3.15. The van der Waals surface area contributed by atoms with Gasteiger partial charge < -0.3 is 10.4 Å². The molecule has 2 N–H and O–H groups in total. The number of benzene rings is 1. The number of amides is 1. The molecule has 1 aromatic heterocycles. The van der Waals surface area contributed by atoms with Gasteiger partial charge in [-0.3, -0.25) is 9.59 Å². The number of carboxylic acid groups (broad SMARTS) is 1. The van der Waals surface area contributed by atoms with Gasteiger partial charge in [0.2, 0.25) is 5.91 Å². The van der Waals surface area contributed by atoms with Gasteiger partial charge >= 0.3 is 5.97 Å². The highest BCUT2D eigenvalue weighted by atomic mass is 32.1. The van der Waals surface area contributed by atoms with Crippen LogP contribution < -0.4 is 5.32 Å². The van der Waals surface area contributed by atoms with E-state index in [4.69, 9.17) is 5.11 Å². The second-order valence-corrected chi connectivity index (χ2v) is 5.01. The minimum absolute atomic E-state index is 0.542. The highest BCUT2D eigenvalue weighted by molar-refractivity contribution is 7.09. The van der Waals surface area contributed by atoms with Crippen molar-refractivity contribution in [2.24, 2.45) is 0 Å². The van der Waals surface area contributed by atoms with E-state index in [1.807, 2.05) is 18.4 Å². The number of hydrogen-bond donors (Lipinski definition) is 2. The molecule has 0 aliphatic carbocycles. The van der Waals surface area contributed by atoms with Gasteiger partial charge in [-0.25, -0.2) is 4.98 Å². The smallest absolute Gasteiger partial charge is 0.312 e. The summed E-state index contributed by atoms with van der Waals surface area (Å²) >= 11 is 1.55. The van der Waals surface area contributed by atoms with Crippen LogP contribution in [-0.4, -0.2) is 22.0 Å². The van der Waals surface area contributed by atoms with Crippen LogP contribution in [0.4, 0.5) is 5.69 Å². The lowest BCUT2D eigenvalue weighted by molar-refractivity contribution is -0.139. The number of nitrogens with zero attached hydrogens (tertiary/aromatic N) is 1. The van der Waals surface area contributed by atoms with Gasteiger partial charge in [0.05, 0.1) is 10.7 Å². The fourth-order valence-corrected chi connectivity index (χ4v) is 2.22. The molecule has 0 unspecified atom stereocenters. The number of thiazole rings is 1. The molecule has 19 heavy (non-hydrogen) atoms. The topological polar surface area (TPSA) is 79.3 Å². The van der Waals surface area contributed by atoms with Gasteiger partial charge in [-0.05, 0) is 19.1 Å². The van der Waals surface area contributed by atoms with E-state index in [9.17, 15) is 9.59 Å². The first-order valence-electron chi connectivity index (χ1n) is 5.59. The van der Waals surface area contributed by atoms with E-state index in [0.717, 1.165) is 16.3 Å². The molecule has 6 heteroatoms. The van der Waals surface area contributed by atoms with Crippen LogP contribution in [0.3, 0.4) is 0 Å². The Kier molecular flexibility index (Phi) is 3.91. The van der Waals surface area contributed by atoms with Gasteiger partial charge in [0.25, 0.3) is 0 Å². The average molecular weight is 276 g/mol. The minimum atomic E-state index is -1.15. The van der Waals surface area contributed by atoms with Gasteiger partial charge in [-0.2, -0.15) is 0 Å². The van der Waals surface area contributed by atoms with Crippen LogP contribution >= 0.6 is 11.3 Å². The molecular weight excluding hydrogens is 264 g/mol. The molecule has 1 heterocycles. The average Bonchev–Trinajstić information content (AvgIpc) is 2.75. The lowest BCUT2D eigenvalue weighted by Crippen LogP contribution is -2.15. The standard InChI is InChI=1S/C13H12N2O3S/c1-8-14-11(7-19-8)9-3-2-4-10(5-9)15-12(16)6-13(17)18/h2-5,7H,6H2,1H3,(H,15,16)(H,17,18). The third kappa shape index (κ3) is 3.62. The molecular formula is C13H12N2O3S. The van der Waals surface area contributed by atoms with Gasteiger partial charge in [0, 0.05) is 16.6 Å². The normalized spacial score (nSPS) is 10.2. The van der Waals surface area contributed by atoms with Gasteiger partial charge in [-0.15, -0.1) is 11.3 Å². The zero-order valence-corrected chi connectivity index (χ0v) is 11.0. The Morgan fingerprint density at radius 1 is 1.42 bits per heavy atom. The molecule has 1 amide bonds. The summed E-state index contributed by atoms with van der Waals surface area (Å²) in [5, 5.41) is 14.0. The highest BCUT2D eigenvalue weighted by Crippen LogP contribution is 2.24. The molecule has 5 nitrogen and oxygen atoms in total. The monoisotopic (exact) mass is 276 g/mol. The fourth-order valence-electron chi connectivity index (χ4n) is 1.59. The summed E-state index contributed by atoms with van der Waals surface area (Å²) in [6.07, 6.45) is -0.542. The van der Waals surface area contributed by atoms with Crippen LogP contribution in [0.15, 0.2) is 29.6 Å². The Hall–Kier alpha value is -2.21. The largest absolute Gasteiger partial charge is 0.481 e. The summed E-state index contributed by atoms with van der Waals surface area (Å²) in [6, 6.07) is 7.17.